The predicted octanol–water partition coefficient (Wildman–Crippen LogP) is 5.77. The van der Waals surface area contributed by atoms with E-state index >= 15 is 0 Å². The first-order valence-corrected chi connectivity index (χ1v) is 12.2. The van der Waals surface area contributed by atoms with Gasteiger partial charge in [-0.05, 0) is 50.5 Å². The van der Waals surface area contributed by atoms with Gasteiger partial charge in [-0.3, -0.25) is 4.79 Å². The second-order valence-corrected chi connectivity index (χ2v) is 11.1. The molecule has 1 aliphatic carbocycles. The number of fused-ring (bicyclic) bond motifs is 1. The molecule has 3 atom stereocenters. The lowest BCUT2D eigenvalue weighted by atomic mass is 9.73. The smallest absolute Gasteiger partial charge is 0.185 e. The number of benzene rings is 2. The van der Waals surface area contributed by atoms with Crippen LogP contribution >= 0.6 is 0 Å². The minimum atomic E-state index is -3.65. The molecule has 1 fully saturated rings. The zero-order valence-corrected chi connectivity index (χ0v) is 19.0. The van der Waals surface area contributed by atoms with Crippen molar-refractivity contribution in [2.75, 3.05) is 0 Å². The molecule has 4 nitrogen and oxygen atoms in total. The molecule has 0 amide bonds. The largest absolute Gasteiger partial charge is 0.461 e. The van der Waals surface area contributed by atoms with Gasteiger partial charge in [0.1, 0.15) is 17.1 Å². The maximum Gasteiger partial charge on any atom is 0.185 e. The Balaban J connectivity index is 1.76. The number of para-hydroxylation sites is 1. The third-order valence-electron chi connectivity index (χ3n) is 6.48. The zero-order chi connectivity index (χ0) is 22.2. The molecule has 2 aromatic carbocycles. The third-order valence-corrected chi connectivity index (χ3v) is 8.59. The van der Waals surface area contributed by atoms with Gasteiger partial charge in [0.05, 0.1) is 10.1 Å². The van der Waals surface area contributed by atoms with E-state index in [4.69, 9.17) is 4.42 Å². The molecule has 0 aliphatic heterocycles. The molecule has 1 unspecified atom stereocenters. The summed E-state index contributed by atoms with van der Waals surface area (Å²) in [5.41, 5.74) is 0.891. The molecule has 1 saturated carbocycles. The molecule has 0 bridgehead atoms. The molecular formula is C26H28O4S. The highest BCUT2D eigenvalue weighted by atomic mass is 32.2. The average molecular weight is 437 g/mol. The summed E-state index contributed by atoms with van der Waals surface area (Å²) in [7, 11) is -3.65. The van der Waals surface area contributed by atoms with Gasteiger partial charge in [-0.1, -0.05) is 55.0 Å². The van der Waals surface area contributed by atoms with Crippen LogP contribution in [0.15, 0.2) is 81.6 Å². The van der Waals surface area contributed by atoms with Crippen LogP contribution in [0.1, 0.15) is 39.4 Å². The van der Waals surface area contributed by atoms with E-state index in [1.165, 1.54) is 0 Å². The van der Waals surface area contributed by atoms with E-state index in [2.05, 4.69) is 0 Å². The zero-order valence-electron chi connectivity index (χ0n) is 18.2. The normalized spacial score (nSPS) is 22.5. The highest BCUT2D eigenvalue weighted by Gasteiger charge is 2.52. The van der Waals surface area contributed by atoms with Crippen molar-refractivity contribution in [3.63, 3.8) is 0 Å². The minimum absolute atomic E-state index is 0.105. The molecule has 3 aromatic rings. The van der Waals surface area contributed by atoms with E-state index < -0.39 is 20.5 Å². The van der Waals surface area contributed by atoms with E-state index in [0.29, 0.717) is 24.2 Å². The lowest BCUT2D eigenvalue weighted by molar-refractivity contribution is -0.126. The van der Waals surface area contributed by atoms with E-state index in [9.17, 15) is 13.2 Å². The van der Waals surface area contributed by atoms with Crippen LogP contribution in [0, 0.1) is 11.3 Å². The van der Waals surface area contributed by atoms with Crippen molar-refractivity contribution in [1.82, 2.24) is 0 Å². The Morgan fingerprint density at radius 1 is 1.13 bits per heavy atom. The van der Waals surface area contributed by atoms with Crippen molar-refractivity contribution in [2.45, 2.75) is 50.2 Å². The fraction of sp³-hybridized carbons (Fsp3) is 0.346. The van der Waals surface area contributed by atoms with Gasteiger partial charge in [0.15, 0.2) is 9.84 Å². The van der Waals surface area contributed by atoms with E-state index in [1.54, 1.807) is 30.3 Å². The van der Waals surface area contributed by atoms with Crippen molar-refractivity contribution < 1.29 is 17.6 Å². The van der Waals surface area contributed by atoms with Gasteiger partial charge in [-0.25, -0.2) is 8.42 Å². The average Bonchev–Trinajstić information content (AvgIpc) is 3.27. The van der Waals surface area contributed by atoms with Gasteiger partial charge < -0.3 is 4.42 Å². The molecular weight excluding hydrogens is 408 g/mol. The Morgan fingerprint density at radius 2 is 1.81 bits per heavy atom. The topological polar surface area (TPSA) is 64.3 Å². The number of carbonyl (C=O) groups is 1. The van der Waals surface area contributed by atoms with Gasteiger partial charge in [0, 0.05) is 23.6 Å². The molecule has 1 heterocycles. The van der Waals surface area contributed by atoms with Crippen LogP contribution in [-0.4, -0.2) is 19.5 Å². The first-order chi connectivity index (χ1) is 14.7. The monoisotopic (exact) mass is 436 g/mol. The second kappa shape index (κ2) is 8.12. The van der Waals surface area contributed by atoms with Crippen LogP contribution in [-0.2, 0) is 21.1 Å². The Hall–Kier alpha value is -2.66. The number of ketones is 1. The molecule has 1 aliphatic rings. The van der Waals surface area contributed by atoms with Crippen molar-refractivity contribution in [2.24, 2.45) is 11.3 Å². The summed E-state index contributed by atoms with van der Waals surface area (Å²) in [6.45, 7) is 5.72. The SMILES string of the molecule is CC(C)=CC([C@@H]1CCC(=O)[C@@]1(C)Cc1cc2ccccc2o1)S(=O)(=O)c1ccccc1. The minimum Gasteiger partial charge on any atom is -0.461 e. The molecule has 162 valence electrons. The number of furan rings is 1. The quantitative estimate of drug-likeness (QED) is 0.460. The number of allylic oxidation sites excluding steroid dienone is 1. The highest BCUT2D eigenvalue weighted by Crippen LogP contribution is 2.48. The number of hydrogen-bond acceptors (Lipinski definition) is 4. The summed E-state index contributed by atoms with van der Waals surface area (Å²) < 4.78 is 33.3. The number of carbonyl (C=O) groups excluding carboxylic acids is 1. The second-order valence-electron chi connectivity index (χ2n) is 8.98. The van der Waals surface area contributed by atoms with Gasteiger partial charge in [0.2, 0.25) is 0 Å². The van der Waals surface area contributed by atoms with Crippen molar-refractivity contribution >= 4 is 26.6 Å². The van der Waals surface area contributed by atoms with Crippen LogP contribution < -0.4 is 0 Å². The van der Waals surface area contributed by atoms with E-state index in [0.717, 1.165) is 22.3 Å². The van der Waals surface area contributed by atoms with Crippen LogP contribution in [0.4, 0.5) is 0 Å². The lowest BCUT2D eigenvalue weighted by Gasteiger charge is -2.34. The molecule has 5 heteroatoms. The third kappa shape index (κ3) is 3.99. The maximum atomic E-state index is 13.7. The van der Waals surface area contributed by atoms with Crippen molar-refractivity contribution in [3.05, 3.63) is 78.1 Å². The first-order valence-electron chi connectivity index (χ1n) is 10.7. The molecule has 31 heavy (non-hydrogen) atoms. The van der Waals surface area contributed by atoms with Gasteiger partial charge in [-0.15, -0.1) is 0 Å². The Bertz CT molecular complexity index is 1200. The van der Waals surface area contributed by atoms with Crippen LogP contribution in [0.3, 0.4) is 0 Å². The summed E-state index contributed by atoms with van der Waals surface area (Å²) in [6.07, 6.45) is 3.15. The summed E-state index contributed by atoms with van der Waals surface area (Å²) in [4.78, 5) is 13.4. The first kappa shape index (κ1) is 21.6. The fourth-order valence-corrected chi connectivity index (χ4v) is 7.03. The number of Topliss-reactive ketones (excluding diaryl/α,β-unsaturated/α-hetero) is 1. The summed E-state index contributed by atoms with van der Waals surface area (Å²) in [5, 5.41) is 0.224. The Labute approximate surface area is 183 Å². The lowest BCUT2D eigenvalue weighted by Crippen LogP contribution is -2.41. The molecule has 4 rings (SSSR count). The summed E-state index contributed by atoms with van der Waals surface area (Å²) >= 11 is 0. The van der Waals surface area contributed by atoms with E-state index in [-0.39, 0.29) is 11.7 Å². The predicted molar refractivity (Wildman–Crippen MR) is 123 cm³/mol. The standard InChI is InChI=1S/C26H28O4S/c1-18(2)15-24(31(28,29)21-10-5-4-6-11-21)22-13-14-25(27)26(22,3)17-20-16-19-9-7-8-12-23(19)30-20/h4-12,15-16,22,24H,13-14,17H2,1-3H3/t22-,24?,26-/m0/s1. The van der Waals surface area contributed by atoms with Crippen molar-refractivity contribution in [1.29, 1.82) is 0 Å². The van der Waals surface area contributed by atoms with Crippen LogP contribution in [0.2, 0.25) is 0 Å². The molecule has 0 spiro atoms. The summed E-state index contributed by atoms with van der Waals surface area (Å²) in [5.74, 6) is 0.499. The number of rotatable bonds is 6. The van der Waals surface area contributed by atoms with Crippen LogP contribution in [0.5, 0.6) is 0 Å². The summed E-state index contributed by atoms with van der Waals surface area (Å²) in [6, 6.07) is 18.3. The molecule has 0 saturated heterocycles. The number of hydrogen-bond donors (Lipinski definition) is 0. The van der Waals surface area contributed by atoms with E-state index in [1.807, 2.05) is 57.2 Å². The molecule has 1 aromatic heterocycles. The highest BCUT2D eigenvalue weighted by molar-refractivity contribution is 7.92. The van der Waals surface area contributed by atoms with Gasteiger partial charge in [0.25, 0.3) is 0 Å². The van der Waals surface area contributed by atoms with Crippen LogP contribution in [0.25, 0.3) is 11.0 Å². The van der Waals surface area contributed by atoms with Gasteiger partial charge >= 0.3 is 0 Å². The fourth-order valence-electron chi connectivity index (χ4n) is 4.86. The Kier molecular flexibility index (Phi) is 5.65. The molecule has 0 radical (unpaired) electrons. The van der Waals surface area contributed by atoms with Crippen molar-refractivity contribution in [3.8, 4) is 0 Å². The maximum absolute atomic E-state index is 13.7. The Morgan fingerprint density at radius 3 is 2.48 bits per heavy atom. The molecule has 0 N–H and O–H groups in total. The van der Waals surface area contributed by atoms with Gasteiger partial charge in [-0.2, -0.15) is 0 Å². The number of sulfone groups is 1.